The molecule has 2 heterocycles. The van der Waals surface area contributed by atoms with Crippen LogP contribution in [0.4, 0.5) is 5.13 Å². The Morgan fingerprint density at radius 2 is 1.74 bits per heavy atom. The number of thiazole rings is 1. The molecule has 1 aromatic rings. The average molecular weight is 281 g/mol. The minimum absolute atomic E-state index is 0.0730. The molecule has 0 bridgehead atoms. The van der Waals surface area contributed by atoms with Gasteiger partial charge in [0.1, 0.15) is 0 Å². The van der Waals surface area contributed by atoms with Gasteiger partial charge in [0.15, 0.2) is 5.13 Å². The summed E-state index contributed by atoms with van der Waals surface area (Å²) in [7, 11) is 0. The molecule has 0 radical (unpaired) electrons. The number of hydrogen-bond donors (Lipinski definition) is 1. The van der Waals surface area contributed by atoms with Gasteiger partial charge in [-0.05, 0) is 19.8 Å². The van der Waals surface area contributed by atoms with Gasteiger partial charge in [-0.15, -0.1) is 0 Å². The molecule has 1 fully saturated rings. The van der Waals surface area contributed by atoms with Crippen molar-refractivity contribution in [2.24, 2.45) is 5.73 Å². The summed E-state index contributed by atoms with van der Waals surface area (Å²) in [5, 5.41) is 1.18. The molecule has 2 rings (SSSR count). The summed E-state index contributed by atoms with van der Waals surface area (Å²) in [5.41, 5.74) is 7.40. The highest BCUT2D eigenvalue weighted by Gasteiger charge is 2.26. The van der Waals surface area contributed by atoms with E-state index >= 15 is 0 Å². The van der Waals surface area contributed by atoms with Crippen LogP contribution in [0.3, 0.4) is 0 Å². The van der Waals surface area contributed by atoms with Gasteiger partial charge >= 0.3 is 0 Å². The summed E-state index contributed by atoms with van der Waals surface area (Å²) in [5.74, 6) is 0. The van der Waals surface area contributed by atoms with Gasteiger partial charge in [0.2, 0.25) is 0 Å². The van der Waals surface area contributed by atoms with Crippen LogP contribution in [0.2, 0.25) is 0 Å². The molecule has 3 nitrogen and oxygen atoms in total. The van der Waals surface area contributed by atoms with Crippen molar-refractivity contribution in [3.8, 4) is 0 Å². The quantitative estimate of drug-likeness (QED) is 0.895. The minimum Gasteiger partial charge on any atom is -0.348 e. The van der Waals surface area contributed by atoms with Gasteiger partial charge in [0.05, 0.1) is 5.69 Å². The number of aromatic nitrogens is 1. The van der Waals surface area contributed by atoms with Gasteiger partial charge in [0, 0.05) is 29.4 Å². The van der Waals surface area contributed by atoms with Crippen LogP contribution in [0.15, 0.2) is 0 Å². The molecule has 0 saturated carbocycles. The Morgan fingerprint density at radius 3 is 2.16 bits per heavy atom. The summed E-state index contributed by atoms with van der Waals surface area (Å²) >= 11 is 1.80. The summed E-state index contributed by atoms with van der Waals surface area (Å²) in [4.78, 5) is 8.65. The van der Waals surface area contributed by atoms with Crippen LogP contribution in [-0.4, -0.2) is 18.1 Å². The SMILES string of the molecule is CC(N)c1sc(N2CCCCCC2)nc1C(C)(C)C. The van der Waals surface area contributed by atoms with E-state index in [1.54, 1.807) is 11.3 Å². The van der Waals surface area contributed by atoms with Gasteiger partial charge in [-0.3, -0.25) is 0 Å². The Morgan fingerprint density at radius 1 is 1.16 bits per heavy atom. The number of nitrogens with zero attached hydrogens (tertiary/aromatic N) is 2. The second kappa shape index (κ2) is 5.80. The minimum atomic E-state index is 0.0730. The molecule has 2 N–H and O–H groups in total. The van der Waals surface area contributed by atoms with E-state index in [2.05, 4.69) is 32.6 Å². The van der Waals surface area contributed by atoms with Crippen molar-refractivity contribution in [1.29, 1.82) is 0 Å². The Labute approximate surface area is 121 Å². The van der Waals surface area contributed by atoms with Gasteiger partial charge in [0.25, 0.3) is 0 Å². The van der Waals surface area contributed by atoms with E-state index in [0.29, 0.717) is 0 Å². The first-order valence-corrected chi connectivity index (χ1v) is 8.23. The monoisotopic (exact) mass is 281 g/mol. The largest absolute Gasteiger partial charge is 0.348 e. The molecular formula is C15H27N3S. The molecule has 1 atom stereocenters. The molecule has 0 aromatic carbocycles. The van der Waals surface area contributed by atoms with Crippen molar-refractivity contribution in [1.82, 2.24) is 4.98 Å². The number of anilines is 1. The number of nitrogens with two attached hydrogens (primary N) is 1. The van der Waals surface area contributed by atoms with E-state index in [-0.39, 0.29) is 11.5 Å². The maximum atomic E-state index is 6.14. The van der Waals surface area contributed by atoms with Crippen LogP contribution in [-0.2, 0) is 5.41 Å². The van der Waals surface area contributed by atoms with E-state index in [4.69, 9.17) is 10.7 Å². The maximum absolute atomic E-state index is 6.14. The lowest BCUT2D eigenvalue weighted by Gasteiger charge is -2.20. The average Bonchev–Trinajstić information content (AvgIpc) is 2.60. The molecule has 1 aliphatic heterocycles. The molecule has 1 unspecified atom stereocenters. The summed E-state index contributed by atoms with van der Waals surface area (Å²) < 4.78 is 0. The molecule has 0 spiro atoms. The lowest BCUT2D eigenvalue weighted by molar-refractivity contribution is 0.559. The third kappa shape index (κ3) is 3.48. The number of hydrogen-bond acceptors (Lipinski definition) is 4. The Hall–Kier alpha value is -0.610. The second-order valence-electron chi connectivity index (χ2n) is 6.65. The first kappa shape index (κ1) is 14.8. The zero-order valence-electron chi connectivity index (χ0n) is 12.7. The number of rotatable bonds is 2. The van der Waals surface area contributed by atoms with Crippen LogP contribution >= 0.6 is 11.3 Å². The van der Waals surface area contributed by atoms with Crippen molar-refractivity contribution in [3.05, 3.63) is 10.6 Å². The third-order valence-electron chi connectivity index (χ3n) is 3.64. The molecular weight excluding hydrogens is 254 g/mol. The van der Waals surface area contributed by atoms with Crippen LogP contribution in [0, 0.1) is 0 Å². The molecule has 1 aromatic heterocycles. The van der Waals surface area contributed by atoms with Crippen LogP contribution < -0.4 is 10.6 Å². The highest BCUT2D eigenvalue weighted by atomic mass is 32.1. The molecule has 0 amide bonds. The fourth-order valence-electron chi connectivity index (χ4n) is 2.56. The predicted molar refractivity (Wildman–Crippen MR) is 84.1 cm³/mol. The first-order chi connectivity index (χ1) is 8.89. The molecule has 1 aliphatic rings. The molecule has 108 valence electrons. The van der Waals surface area contributed by atoms with Gasteiger partial charge in [-0.2, -0.15) is 0 Å². The maximum Gasteiger partial charge on any atom is 0.185 e. The van der Waals surface area contributed by atoms with Crippen LogP contribution in [0.1, 0.15) is 70.0 Å². The van der Waals surface area contributed by atoms with E-state index in [0.717, 1.165) is 13.1 Å². The Kier molecular flexibility index (Phi) is 4.51. The van der Waals surface area contributed by atoms with Gasteiger partial charge in [-0.25, -0.2) is 4.98 Å². The summed E-state index contributed by atoms with van der Waals surface area (Å²) in [6.07, 6.45) is 5.29. The van der Waals surface area contributed by atoms with Crippen LogP contribution in [0.25, 0.3) is 0 Å². The standard InChI is InChI=1S/C15H27N3S/c1-11(16)12-13(15(2,3)4)17-14(19-12)18-9-7-5-6-8-10-18/h11H,5-10,16H2,1-4H3. The summed E-state index contributed by atoms with van der Waals surface area (Å²) in [6, 6.07) is 0.0763. The Balaban J connectivity index is 2.31. The highest BCUT2D eigenvalue weighted by Crippen LogP contribution is 2.37. The van der Waals surface area contributed by atoms with Crippen molar-refractivity contribution in [2.75, 3.05) is 18.0 Å². The van der Waals surface area contributed by atoms with Crippen molar-refractivity contribution >= 4 is 16.5 Å². The zero-order valence-corrected chi connectivity index (χ0v) is 13.5. The lowest BCUT2D eigenvalue weighted by atomic mass is 9.90. The smallest absolute Gasteiger partial charge is 0.185 e. The highest BCUT2D eigenvalue weighted by molar-refractivity contribution is 7.15. The lowest BCUT2D eigenvalue weighted by Crippen LogP contribution is -2.24. The zero-order chi connectivity index (χ0) is 14.0. The van der Waals surface area contributed by atoms with E-state index in [9.17, 15) is 0 Å². The van der Waals surface area contributed by atoms with E-state index in [1.165, 1.54) is 41.4 Å². The Bertz CT molecular complexity index is 410. The van der Waals surface area contributed by atoms with E-state index < -0.39 is 0 Å². The molecule has 4 heteroatoms. The third-order valence-corrected chi connectivity index (χ3v) is 4.96. The fourth-order valence-corrected chi connectivity index (χ4v) is 3.84. The molecule has 0 aliphatic carbocycles. The van der Waals surface area contributed by atoms with Crippen molar-refractivity contribution < 1.29 is 0 Å². The topological polar surface area (TPSA) is 42.1 Å². The molecule has 19 heavy (non-hydrogen) atoms. The van der Waals surface area contributed by atoms with Gasteiger partial charge < -0.3 is 10.6 Å². The van der Waals surface area contributed by atoms with Crippen LogP contribution in [0.5, 0.6) is 0 Å². The van der Waals surface area contributed by atoms with Crippen molar-refractivity contribution in [3.63, 3.8) is 0 Å². The predicted octanol–water partition coefficient (Wildman–Crippen LogP) is 3.84. The fraction of sp³-hybridized carbons (Fsp3) is 0.800. The van der Waals surface area contributed by atoms with E-state index in [1.807, 2.05) is 0 Å². The van der Waals surface area contributed by atoms with Gasteiger partial charge in [-0.1, -0.05) is 44.9 Å². The molecule has 1 saturated heterocycles. The summed E-state index contributed by atoms with van der Waals surface area (Å²) in [6.45, 7) is 11.0. The normalized spacial score (nSPS) is 19.3. The second-order valence-corrected chi connectivity index (χ2v) is 7.66. The van der Waals surface area contributed by atoms with Crippen molar-refractivity contribution in [2.45, 2.75) is 64.8 Å². The first-order valence-electron chi connectivity index (χ1n) is 7.41.